The third-order valence-electron chi connectivity index (χ3n) is 3.14. The molecule has 1 aliphatic carbocycles. The number of thioether (sulfide) groups is 2. The summed E-state index contributed by atoms with van der Waals surface area (Å²) in [4.78, 5) is 4.51. The fourth-order valence-corrected chi connectivity index (χ4v) is 3.83. The third kappa shape index (κ3) is 3.31. The highest BCUT2D eigenvalue weighted by Crippen LogP contribution is 2.28. The zero-order chi connectivity index (χ0) is 10.7. The molecular weight excluding hydrogens is 224 g/mol. The van der Waals surface area contributed by atoms with Crippen LogP contribution in [0.1, 0.15) is 32.6 Å². The summed E-state index contributed by atoms with van der Waals surface area (Å²) in [6.45, 7) is 3.24. The molecule has 1 aliphatic heterocycles. The largest absolute Gasteiger partial charge is 0.362 e. The lowest BCUT2D eigenvalue weighted by atomic mass is 9.95. The van der Waals surface area contributed by atoms with Crippen LogP contribution in [0.25, 0.3) is 0 Å². The summed E-state index contributed by atoms with van der Waals surface area (Å²) in [7, 11) is 0. The number of aliphatic imine (C=N–C) groups is 1. The Balaban J connectivity index is 1.73. The highest BCUT2D eigenvalue weighted by molar-refractivity contribution is 8.14. The second-order valence-corrected chi connectivity index (χ2v) is 6.99. The van der Waals surface area contributed by atoms with E-state index >= 15 is 0 Å². The van der Waals surface area contributed by atoms with Gasteiger partial charge in [-0.15, -0.1) is 0 Å². The first-order chi connectivity index (χ1) is 7.28. The maximum Gasteiger partial charge on any atom is 0.157 e. The van der Waals surface area contributed by atoms with Crippen LogP contribution in [0.3, 0.4) is 0 Å². The van der Waals surface area contributed by atoms with Crippen molar-refractivity contribution in [3.05, 3.63) is 0 Å². The summed E-state index contributed by atoms with van der Waals surface area (Å²) in [5, 5.41) is 6.37. The molecule has 1 heterocycles. The molecule has 0 bridgehead atoms. The van der Waals surface area contributed by atoms with Gasteiger partial charge in [-0.2, -0.15) is 11.8 Å². The van der Waals surface area contributed by atoms with Gasteiger partial charge in [0, 0.05) is 16.5 Å². The van der Waals surface area contributed by atoms with Crippen molar-refractivity contribution in [3.63, 3.8) is 0 Å². The first kappa shape index (κ1) is 11.6. The van der Waals surface area contributed by atoms with Gasteiger partial charge in [0.2, 0.25) is 0 Å². The zero-order valence-electron chi connectivity index (χ0n) is 9.53. The molecule has 1 N–H and O–H groups in total. The van der Waals surface area contributed by atoms with Gasteiger partial charge >= 0.3 is 0 Å². The average molecular weight is 244 g/mol. The number of rotatable bonds is 2. The van der Waals surface area contributed by atoms with E-state index in [1.165, 1.54) is 30.9 Å². The highest BCUT2D eigenvalue weighted by Gasteiger charge is 2.23. The standard InChI is InChI=1S/C11H20N2S2/c1-8-7-12-11(15-8)13-9-3-5-10(14-2)6-4-9/h8-10H,3-7H2,1-2H3,(H,12,13). The minimum atomic E-state index is 0.676. The Morgan fingerprint density at radius 3 is 2.60 bits per heavy atom. The Labute approximate surface area is 101 Å². The molecule has 0 radical (unpaired) electrons. The molecule has 0 saturated heterocycles. The van der Waals surface area contributed by atoms with Gasteiger partial charge in [-0.3, -0.25) is 4.99 Å². The van der Waals surface area contributed by atoms with Crippen molar-refractivity contribution in [3.8, 4) is 0 Å². The minimum Gasteiger partial charge on any atom is -0.362 e. The van der Waals surface area contributed by atoms with E-state index in [0.29, 0.717) is 11.3 Å². The van der Waals surface area contributed by atoms with E-state index in [9.17, 15) is 0 Å². The lowest BCUT2D eigenvalue weighted by molar-refractivity contribution is 0.423. The number of amidine groups is 1. The molecule has 0 aromatic rings. The van der Waals surface area contributed by atoms with Crippen LogP contribution in [-0.2, 0) is 0 Å². The lowest BCUT2D eigenvalue weighted by Gasteiger charge is -2.28. The van der Waals surface area contributed by atoms with Gasteiger partial charge in [0.25, 0.3) is 0 Å². The van der Waals surface area contributed by atoms with Crippen molar-refractivity contribution in [1.82, 2.24) is 5.32 Å². The highest BCUT2D eigenvalue weighted by atomic mass is 32.2. The van der Waals surface area contributed by atoms with Crippen LogP contribution in [0, 0.1) is 0 Å². The maximum absolute atomic E-state index is 4.51. The predicted octanol–water partition coefficient (Wildman–Crippen LogP) is 2.74. The van der Waals surface area contributed by atoms with Crippen LogP contribution in [-0.4, -0.2) is 34.5 Å². The van der Waals surface area contributed by atoms with Crippen molar-refractivity contribution in [1.29, 1.82) is 0 Å². The van der Waals surface area contributed by atoms with Gasteiger partial charge < -0.3 is 5.32 Å². The van der Waals surface area contributed by atoms with Crippen molar-refractivity contribution >= 4 is 28.7 Å². The number of hydrogen-bond donors (Lipinski definition) is 1. The molecule has 86 valence electrons. The van der Waals surface area contributed by atoms with Crippen LogP contribution >= 0.6 is 23.5 Å². The predicted molar refractivity (Wildman–Crippen MR) is 72.0 cm³/mol. The Morgan fingerprint density at radius 1 is 1.33 bits per heavy atom. The molecule has 1 fully saturated rings. The monoisotopic (exact) mass is 244 g/mol. The van der Waals surface area contributed by atoms with Crippen LogP contribution in [0.15, 0.2) is 4.99 Å². The molecule has 15 heavy (non-hydrogen) atoms. The molecule has 2 nitrogen and oxygen atoms in total. The van der Waals surface area contributed by atoms with Crippen molar-refractivity contribution in [2.45, 2.75) is 49.1 Å². The first-order valence-corrected chi connectivity index (χ1v) is 7.95. The molecule has 2 aliphatic rings. The Morgan fingerprint density at radius 2 is 2.07 bits per heavy atom. The molecule has 1 saturated carbocycles. The second-order valence-electron chi connectivity index (χ2n) is 4.43. The van der Waals surface area contributed by atoms with Gasteiger partial charge in [0.15, 0.2) is 5.17 Å². The molecule has 0 spiro atoms. The van der Waals surface area contributed by atoms with Crippen LogP contribution < -0.4 is 5.32 Å². The molecule has 0 aromatic heterocycles. The fourth-order valence-electron chi connectivity index (χ4n) is 2.17. The fraction of sp³-hybridized carbons (Fsp3) is 0.909. The SMILES string of the molecule is CSC1CCC(NC2=NCC(C)S2)CC1. The molecule has 1 atom stereocenters. The van der Waals surface area contributed by atoms with E-state index in [4.69, 9.17) is 0 Å². The van der Waals surface area contributed by atoms with Gasteiger partial charge in [0.1, 0.15) is 0 Å². The molecule has 0 amide bonds. The van der Waals surface area contributed by atoms with E-state index in [-0.39, 0.29) is 0 Å². The maximum atomic E-state index is 4.51. The first-order valence-electron chi connectivity index (χ1n) is 5.78. The van der Waals surface area contributed by atoms with Crippen molar-refractivity contribution < 1.29 is 0 Å². The molecule has 4 heteroatoms. The quantitative estimate of drug-likeness (QED) is 0.808. The summed E-state index contributed by atoms with van der Waals surface area (Å²) >= 11 is 3.93. The summed E-state index contributed by atoms with van der Waals surface area (Å²) in [5.74, 6) is 0. The van der Waals surface area contributed by atoms with Crippen LogP contribution in [0.2, 0.25) is 0 Å². The Bertz CT molecular complexity index is 235. The summed E-state index contributed by atoms with van der Waals surface area (Å²) < 4.78 is 0. The minimum absolute atomic E-state index is 0.676. The number of hydrogen-bond acceptors (Lipinski definition) is 4. The zero-order valence-corrected chi connectivity index (χ0v) is 11.2. The Hall–Kier alpha value is 0.170. The molecule has 0 aromatic carbocycles. The normalized spacial score (nSPS) is 36.4. The Kier molecular flexibility index (Phi) is 4.26. The summed E-state index contributed by atoms with van der Waals surface area (Å²) in [5.41, 5.74) is 0. The van der Waals surface area contributed by atoms with E-state index in [1.54, 1.807) is 0 Å². The smallest absolute Gasteiger partial charge is 0.157 e. The summed E-state index contributed by atoms with van der Waals surface area (Å²) in [6, 6.07) is 0.685. The van der Waals surface area contributed by atoms with Crippen molar-refractivity contribution in [2.24, 2.45) is 4.99 Å². The van der Waals surface area contributed by atoms with Gasteiger partial charge in [-0.25, -0.2) is 0 Å². The van der Waals surface area contributed by atoms with E-state index in [0.717, 1.165) is 11.8 Å². The third-order valence-corrected chi connectivity index (χ3v) is 5.30. The second kappa shape index (κ2) is 5.48. The molecule has 1 unspecified atom stereocenters. The molecule has 2 rings (SSSR count). The molecular formula is C11H20N2S2. The van der Waals surface area contributed by atoms with E-state index in [1.807, 2.05) is 23.5 Å². The van der Waals surface area contributed by atoms with Gasteiger partial charge in [-0.1, -0.05) is 18.7 Å². The van der Waals surface area contributed by atoms with E-state index < -0.39 is 0 Å². The average Bonchev–Trinajstić information content (AvgIpc) is 2.65. The lowest BCUT2D eigenvalue weighted by Crippen LogP contribution is -2.36. The van der Waals surface area contributed by atoms with Crippen molar-refractivity contribution in [2.75, 3.05) is 12.8 Å². The van der Waals surface area contributed by atoms with Crippen LogP contribution in [0.4, 0.5) is 0 Å². The van der Waals surface area contributed by atoms with Crippen LogP contribution in [0.5, 0.6) is 0 Å². The number of nitrogens with zero attached hydrogens (tertiary/aromatic N) is 1. The number of nitrogens with one attached hydrogen (secondary N) is 1. The van der Waals surface area contributed by atoms with Gasteiger partial charge in [-0.05, 0) is 31.9 Å². The summed E-state index contributed by atoms with van der Waals surface area (Å²) in [6.07, 6.45) is 7.61. The topological polar surface area (TPSA) is 24.4 Å². The van der Waals surface area contributed by atoms with E-state index in [2.05, 4.69) is 23.5 Å². The van der Waals surface area contributed by atoms with Gasteiger partial charge in [0.05, 0.1) is 6.54 Å².